The fourth-order valence-electron chi connectivity index (χ4n) is 5.35. The number of sulfonamides is 1. The van der Waals surface area contributed by atoms with Crippen LogP contribution >= 0.6 is 0 Å². The number of benzene rings is 2. The number of hydrogen-bond donors (Lipinski definition) is 1. The molecule has 8 nitrogen and oxygen atoms in total. The first-order chi connectivity index (χ1) is 18.4. The molecule has 3 heterocycles. The molecule has 1 saturated carbocycles. The van der Waals surface area contributed by atoms with E-state index in [1.165, 1.54) is 12.8 Å². The van der Waals surface area contributed by atoms with E-state index in [9.17, 15) is 13.2 Å². The molecule has 0 bridgehead atoms. The molecular weight excluding hydrogens is 502 g/mol. The first kappa shape index (κ1) is 25.0. The Bertz CT molecular complexity index is 1450. The molecule has 0 amide bonds. The molecule has 9 heteroatoms. The largest absolute Gasteiger partial charge is 0.454 e. The fraction of sp³-hybridized carbons (Fsp3) is 0.379. The maximum Gasteiger partial charge on any atom is 0.240 e. The minimum atomic E-state index is -3.57. The van der Waals surface area contributed by atoms with E-state index in [2.05, 4.69) is 9.62 Å². The number of hydrogen-bond acceptors (Lipinski definition) is 7. The van der Waals surface area contributed by atoms with E-state index in [1.54, 1.807) is 24.3 Å². The van der Waals surface area contributed by atoms with Crippen molar-refractivity contribution in [2.24, 2.45) is 0 Å². The molecule has 2 aliphatic heterocycles. The fourth-order valence-corrected chi connectivity index (χ4v) is 6.37. The summed E-state index contributed by atoms with van der Waals surface area (Å²) < 4.78 is 39.0. The van der Waals surface area contributed by atoms with Crippen molar-refractivity contribution in [1.82, 2.24) is 14.6 Å². The Morgan fingerprint density at radius 2 is 1.76 bits per heavy atom. The Morgan fingerprint density at radius 1 is 1.00 bits per heavy atom. The summed E-state index contributed by atoms with van der Waals surface area (Å²) in [5, 5.41) is 0. The lowest BCUT2D eigenvalue weighted by molar-refractivity contribution is -0.120. The molecule has 1 saturated heterocycles. The van der Waals surface area contributed by atoms with Crippen molar-refractivity contribution in [3.05, 3.63) is 71.9 Å². The van der Waals surface area contributed by atoms with E-state index in [0.717, 1.165) is 43.6 Å². The second-order valence-electron chi connectivity index (χ2n) is 10.2. The summed E-state index contributed by atoms with van der Waals surface area (Å²) in [6.07, 6.45) is 4.22. The summed E-state index contributed by atoms with van der Waals surface area (Å²) in [6, 6.07) is 18.1. The zero-order valence-corrected chi connectivity index (χ0v) is 22.0. The first-order valence-electron chi connectivity index (χ1n) is 13.1. The van der Waals surface area contributed by atoms with Crippen molar-refractivity contribution in [3.63, 3.8) is 0 Å². The highest BCUT2D eigenvalue weighted by atomic mass is 32.2. The summed E-state index contributed by atoms with van der Waals surface area (Å²) in [4.78, 5) is 20.6. The van der Waals surface area contributed by atoms with Gasteiger partial charge in [-0.25, -0.2) is 13.1 Å². The van der Waals surface area contributed by atoms with E-state index in [4.69, 9.17) is 14.5 Å². The zero-order chi connectivity index (χ0) is 26.2. The van der Waals surface area contributed by atoms with E-state index >= 15 is 0 Å². The number of nitrogens with zero attached hydrogens (tertiary/aromatic N) is 2. The highest BCUT2D eigenvalue weighted by Crippen LogP contribution is 2.51. The van der Waals surface area contributed by atoms with Crippen LogP contribution in [-0.2, 0) is 26.7 Å². The van der Waals surface area contributed by atoms with Gasteiger partial charge in [0.1, 0.15) is 5.78 Å². The van der Waals surface area contributed by atoms with Crippen LogP contribution in [0.5, 0.6) is 11.5 Å². The summed E-state index contributed by atoms with van der Waals surface area (Å²) >= 11 is 0. The van der Waals surface area contributed by atoms with Crippen molar-refractivity contribution >= 4 is 15.8 Å². The van der Waals surface area contributed by atoms with Crippen LogP contribution in [0, 0.1) is 0 Å². The number of pyridine rings is 1. The number of likely N-dealkylation sites (tertiary alicyclic amines) is 1. The third-order valence-corrected chi connectivity index (χ3v) is 9.21. The normalized spacial score (nSPS) is 18.0. The monoisotopic (exact) mass is 535 g/mol. The Hall–Kier alpha value is -3.27. The standard InChI is InChI=1S/C29H31N3O5S.H2/c33-28(29(12-13-29)22-8-11-26-27(18-22)37-20-36-26)19-23-4-3-5-25(31-23)21-6-9-24(10-7-21)38(34,35)30-14-17-32-15-1-2-16-32;/h3-11,18,30H,1-2,12-17,19-20H2;1H. The zero-order valence-electron chi connectivity index (χ0n) is 21.2. The van der Waals surface area contributed by atoms with Gasteiger partial charge in [-0.05, 0) is 80.7 Å². The van der Waals surface area contributed by atoms with Gasteiger partial charge in [-0.1, -0.05) is 24.3 Å². The number of ketones is 1. The molecule has 0 radical (unpaired) electrons. The Morgan fingerprint density at radius 3 is 2.53 bits per heavy atom. The number of carbonyl (C=O) groups is 1. The van der Waals surface area contributed by atoms with Crippen LogP contribution in [0.2, 0.25) is 0 Å². The average Bonchev–Trinajstić information content (AvgIpc) is 3.33. The predicted octanol–water partition coefficient (Wildman–Crippen LogP) is 3.94. The lowest BCUT2D eigenvalue weighted by Crippen LogP contribution is -2.33. The lowest BCUT2D eigenvalue weighted by Gasteiger charge is -2.15. The molecule has 200 valence electrons. The van der Waals surface area contributed by atoms with Gasteiger partial charge in [0.05, 0.1) is 16.0 Å². The lowest BCUT2D eigenvalue weighted by atomic mass is 9.88. The van der Waals surface area contributed by atoms with Crippen LogP contribution < -0.4 is 14.2 Å². The Labute approximate surface area is 224 Å². The molecule has 1 aromatic heterocycles. The quantitative estimate of drug-likeness (QED) is 0.420. The molecule has 2 aromatic carbocycles. The minimum Gasteiger partial charge on any atom is -0.454 e. The topological polar surface area (TPSA) is 97.8 Å². The third-order valence-electron chi connectivity index (χ3n) is 7.74. The third kappa shape index (κ3) is 5.06. The molecule has 38 heavy (non-hydrogen) atoms. The number of Topliss-reactive ketones (excluding diaryl/α,β-unsaturated/α-hetero) is 1. The summed E-state index contributed by atoms with van der Waals surface area (Å²) in [5.74, 6) is 1.54. The van der Waals surface area contributed by atoms with Crippen LogP contribution in [0.4, 0.5) is 0 Å². The van der Waals surface area contributed by atoms with Gasteiger partial charge in [-0.3, -0.25) is 9.78 Å². The second kappa shape index (κ2) is 10.1. The van der Waals surface area contributed by atoms with Gasteiger partial charge >= 0.3 is 0 Å². The van der Waals surface area contributed by atoms with Gasteiger partial charge in [0.25, 0.3) is 0 Å². The number of nitrogens with one attached hydrogen (secondary N) is 1. The van der Waals surface area contributed by atoms with E-state index in [1.807, 2.05) is 36.4 Å². The van der Waals surface area contributed by atoms with Gasteiger partial charge in [-0.15, -0.1) is 0 Å². The molecular formula is C29H33N3O5S. The van der Waals surface area contributed by atoms with Crippen molar-refractivity contribution in [3.8, 4) is 22.8 Å². The summed E-state index contributed by atoms with van der Waals surface area (Å²) in [7, 11) is -3.57. The van der Waals surface area contributed by atoms with Crippen LogP contribution in [0.25, 0.3) is 11.3 Å². The molecule has 6 rings (SSSR count). The highest BCUT2D eigenvalue weighted by Gasteiger charge is 2.51. The average molecular weight is 536 g/mol. The van der Waals surface area contributed by atoms with Crippen molar-refractivity contribution in [2.75, 3.05) is 33.0 Å². The summed E-state index contributed by atoms with van der Waals surface area (Å²) in [6.45, 7) is 3.40. The van der Waals surface area contributed by atoms with E-state index in [-0.39, 0.29) is 25.3 Å². The van der Waals surface area contributed by atoms with Gasteiger partial charge in [0.2, 0.25) is 16.8 Å². The van der Waals surface area contributed by atoms with Crippen LogP contribution in [0.1, 0.15) is 38.4 Å². The maximum absolute atomic E-state index is 13.4. The van der Waals surface area contributed by atoms with Gasteiger partial charge < -0.3 is 14.4 Å². The molecule has 1 N–H and O–H groups in total. The van der Waals surface area contributed by atoms with Gasteiger partial charge in [0, 0.05) is 32.2 Å². The maximum atomic E-state index is 13.4. The number of aromatic nitrogens is 1. The van der Waals surface area contributed by atoms with E-state index in [0.29, 0.717) is 29.4 Å². The first-order valence-corrected chi connectivity index (χ1v) is 14.6. The summed E-state index contributed by atoms with van der Waals surface area (Å²) in [5.41, 5.74) is 2.67. The predicted molar refractivity (Wildman–Crippen MR) is 145 cm³/mol. The second-order valence-corrected chi connectivity index (χ2v) is 12.0. The van der Waals surface area contributed by atoms with Crippen molar-refractivity contribution < 1.29 is 24.1 Å². The van der Waals surface area contributed by atoms with Gasteiger partial charge in [-0.2, -0.15) is 0 Å². The van der Waals surface area contributed by atoms with E-state index < -0.39 is 15.4 Å². The molecule has 3 aliphatic rings. The number of ether oxygens (including phenoxy) is 2. The molecule has 0 atom stereocenters. The molecule has 0 unspecified atom stereocenters. The highest BCUT2D eigenvalue weighted by molar-refractivity contribution is 7.89. The smallest absolute Gasteiger partial charge is 0.240 e. The number of fused-ring (bicyclic) bond motifs is 1. The van der Waals surface area contributed by atoms with Crippen LogP contribution in [0.3, 0.4) is 0 Å². The number of rotatable bonds is 10. The van der Waals surface area contributed by atoms with Crippen LogP contribution in [-0.4, -0.2) is 57.1 Å². The van der Waals surface area contributed by atoms with Crippen LogP contribution in [0.15, 0.2) is 65.6 Å². The molecule has 3 aromatic rings. The molecule has 0 spiro atoms. The SMILES string of the molecule is O=C(Cc1cccc(-c2ccc(S(=O)(=O)NCCN3CCCC3)cc2)n1)C1(c2ccc3c(c2)OCO3)CC1.[HH]. The van der Waals surface area contributed by atoms with Crippen molar-refractivity contribution in [2.45, 2.75) is 42.4 Å². The molecule has 2 fully saturated rings. The Balaban J connectivity index is 0.00000308. The Kier molecular flexibility index (Phi) is 6.67. The molecule has 1 aliphatic carbocycles. The number of carbonyl (C=O) groups excluding carboxylic acids is 1. The minimum absolute atomic E-state index is 0. The van der Waals surface area contributed by atoms with Crippen molar-refractivity contribution in [1.29, 1.82) is 0 Å². The van der Waals surface area contributed by atoms with Gasteiger partial charge in [0.15, 0.2) is 11.5 Å².